The zero-order valence-electron chi connectivity index (χ0n) is 18.1. The van der Waals surface area contributed by atoms with Crippen LogP contribution in [-0.2, 0) is 17.8 Å². The first kappa shape index (κ1) is 20.3. The van der Waals surface area contributed by atoms with Crippen molar-refractivity contribution in [3.63, 3.8) is 0 Å². The number of nitrogens with one attached hydrogen (secondary N) is 1. The lowest BCUT2D eigenvalue weighted by Crippen LogP contribution is -2.61. The number of carbonyl (C=O) groups is 1. The predicted molar refractivity (Wildman–Crippen MR) is 124 cm³/mol. The van der Waals surface area contributed by atoms with Crippen LogP contribution in [0.3, 0.4) is 0 Å². The number of nitrogens with zero attached hydrogens (tertiary/aromatic N) is 4. The minimum Gasteiger partial charge on any atom is -0.497 e. The number of benzene rings is 2. The SMILES string of the molecule is COc1ccc2c(c1)N1CCN(c3cnccn3)C[C@@H]1[C@@H](C(=O)NCc1ccccc1)C2. The largest absolute Gasteiger partial charge is 0.497 e. The lowest BCUT2D eigenvalue weighted by Gasteiger charge is -2.49. The van der Waals surface area contributed by atoms with Crippen LogP contribution in [0.2, 0.25) is 0 Å². The number of piperazine rings is 1. The highest BCUT2D eigenvalue weighted by Gasteiger charge is 2.42. The second-order valence-electron chi connectivity index (χ2n) is 8.28. The molecule has 1 N–H and O–H groups in total. The Morgan fingerprint density at radius 1 is 1.16 bits per heavy atom. The van der Waals surface area contributed by atoms with Gasteiger partial charge in [0.2, 0.25) is 5.91 Å². The average Bonchev–Trinajstić information content (AvgIpc) is 2.87. The Balaban J connectivity index is 1.42. The number of fused-ring (bicyclic) bond motifs is 3. The second-order valence-corrected chi connectivity index (χ2v) is 8.28. The fourth-order valence-electron chi connectivity index (χ4n) is 4.78. The molecule has 1 amide bonds. The molecule has 0 spiro atoms. The predicted octanol–water partition coefficient (Wildman–Crippen LogP) is 2.67. The van der Waals surface area contributed by atoms with E-state index < -0.39 is 0 Å². The van der Waals surface area contributed by atoms with Gasteiger partial charge >= 0.3 is 0 Å². The van der Waals surface area contributed by atoms with Crippen LogP contribution < -0.4 is 19.9 Å². The second kappa shape index (κ2) is 8.86. The summed E-state index contributed by atoms with van der Waals surface area (Å²) < 4.78 is 5.48. The summed E-state index contributed by atoms with van der Waals surface area (Å²) in [4.78, 5) is 26.7. The van der Waals surface area contributed by atoms with Crippen LogP contribution in [-0.4, -0.2) is 48.7 Å². The summed E-state index contributed by atoms with van der Waals surface area (Å²) in [6, 6.07) is 16.3. The topological polar surface area (TPSA) is 70.6 Å². The number of rotatable bonds is 5. The van der Waals surface area contributed by atoms with E-state index in [9.17, 15) is 4.79 Å². The molecule has 0 saturated carbocycles. The van der Waals surface area contributed by atoms with E-state index in [0.29, 0.717) is 13.0 Å². The Morgan fingerprint density at radius 3 is 2.81 bits per heavy atom. The molecule has 1 aromatic heterocycles. The fourth-order valence-corrected chi connectivity index (χ4v) is 4.78. The van der Waals surface area contributed by atoms with Gasteiger partial charge in [-0.15, -0.1) is 0 Å². The Morgan fingerprint density at radius 2 is 2.03 bits per heavy atom. The van der Waals surface area contributed by atoms with Crippen LogP contribution in [0, 0.1) is 5.92 Å². The molecule has 5 rings (SSSR count). The first-order chi connectivity index (χ1) is 15.7. The first-order valence-corrected chi connectivity index (χ1v) is 11.0. The lowest BCUT2D eigenvalue weighted by atomic mass is 9.83. The number of hydrogen-bond acceptors (Lipinski definition) is 6. The van der Waals surface area contributed by atoms with Crippen LogP contribution in [0.1, 0.15) is 11.1 Å². The summed E-state index contributed by atoms with van der Waals surface area (Å²) in [5.41, 5.74) is 3.46. The third kappa shape index (κ3) is 3.98. The maximum Gasteiger partial charge on any atom is 0.225 e. The molecule has 7 nitrogen and oxygen atoms in total. The van der Waals surface area contributed by atoms with Gasteiger partial charge in [0.1, 0.15) is 11.6 Å². The highest BCUT2D eigenvalue weighted by Crippen LogP contribution is 2.38. The van der Waals surface area contributed by atoms with E-state index >= 15 is 0 Å². The van der Waals surface area contributed by atoms with Crippen LogP contribution >= 0.6 is 0 Å². The summed E-state index contributed by atoms with van der Waals surface area (Å²) in [7, 11) is 1.69. The van der Waals surface area contributed by atoms with Crippen molar-refractivity contribution in [3.8, 4) is 5.75 Å². The Kier molecular flexibility index (Phi) is 5.62. The molecule has 2 atom stereocenters. The molecule has 2 aliphatic heterocycles. The Labute approximate surface area is 188 Å². The van der Waals surface area contributed by atoms with Gasteiger partial charge in [-0.25, -0.2) is 4.98 Å². The van der Waals surface area contributed by atoms with Crippen molar-refractivity contribution < 1.29 is 9.53 Å². The van der Waals surface area contributed by atoms with Crippen molar-refractivity contribution in [2.24, 2.45) is 5.92 Å². The number of methoxy groups -OCH3 is 1. The summed E-state index contributed by atoms with van der Waals surface area (Å²) in [5.74, 6) is 1.63. The molecule has 3 aromatic rings. The zero-order chi connectivity index (χ0) is 21.9. The van der Waals surface area contributed by atoms with Crippen LogP contribution in [0.15, 0.2) is 67.1 Å². The number of anilines is 2. The average molecular weight is 430 g/mol. The molecule has 1 fully saturated rings. The van der Waals surface area contributed by atoms with Gasteiger partial charge < -0.3 is 19.9 Å². The van der Waals surface area contributed by atoms with Crippen LogP contribution in [0.25, 0.3) is 0 Å². The number of aromatic nitrogens is 2. The van der Waals surface area contributed by atoms with Gasteiger partial charge in [-0.1, -0.05) is 36.4 Å². The molecule has 0 bridgehead atoms. The number of carbonyl (C=O) groups excluding carboxylic acids is 1. The van der Waals surface area contributed by atoms with Gasteiger partial charge in [-0.3, -0.25) is 9.78 Å². The smallest absolute Gasteiger partial charge is 0.225 e. The number of amides is 1. The molecule has 1 saturated heterocycles. The van der Waals surface area contributed by atoms with Crippen LogP contribution in [0.5, 0.6) is 5.75 Å². The van der Waals surface area contributed by atoms with E-state index in [1.165, 1.54) is 11.3 Å². The monoisotopic (exact) mass is 429 g/mol. The summed E-state index contributed by atoms with van der Waals surface area (Å²) in [6.07, 6.45) is 5.89. The van der Waals surface area contributed by atoms with Crippen molar-refractivity contribution in [3.05, 3.63) is 78.2 Å². The third-order valence-electron chi connectivity index (χ3n) is 6.44. The zero-order valence-corrected chi connectivity index (χ0v) is 18.1. The molecular weight excluding hydrogens is 402 g/mol. The van der Waals surface area contributed by atoms with Gasteiger partial charge in [-0.05, 0) is 23.6 Å². The molecule has 2 aliphatic rings. The molecular formula is C25H27N5O2. The molecule has 7 heteroatoms. The normalized spacial score (nSPS) is 19.7. The lowest BCUT2D eigenvalue weighted by molar-refractivity contribution is -0.126. The quantitative estimate of drug-likeness (QED) is 0.673. The molecule has 0 aliphatic carbocycles. The Bertz CT molecular complexity index is 1080. The molecule has 3 heterocycles. The van der Waals surface area contributed by atoms with Gasteiger partial charge in [0, 0.05) is 50.3 Å². The van der Waals surface area contributed by atoms with Gasteiger partial charge in [0.25, 0.3) is 0 Å². The molecule has 0 radical (unpaired) electrons. The maximum atomic E-state index is 13.4. The van der Waals surface area contributed by atoms with Gasteiger partial charge in [-0.2, -0.15) is 0 Å². The van der Waals surface area contributed by atoms with E-state index in [4.69, 9.17) is 4.74 Å². The fraction of sp³-hybridized carbons (Fsp3) is 0.320. The highest BCUT2D eigenvalue weighted by molar-refractivity contribution is 5.82. The van der Waals surface area contributed by atoms with Crippen molar-refractivity contribution in [1.82, 2.24) is 15.3 Å². The van der Waals surface area contributed by atoms with E-state index in [1.807, 2.05) is 36.4 Å². The maximum absolute atomic E-state index is 13.4. The highest BCUT2D eigenvalue weighted by atomic mass is 16.5. The standard InChI is InChI=1S/C25H27N5O2/c1-32-20-8-7-19-13-21(25(31)28-15-18-5-3-2-4-6-18)23-17-29(24-16-26-9-10-27-24)11-12-30(23)22(19)14-20/h2-10,14,16,21,23H,11-13,15,17H2,1H3,(H,28,31)/t21-,23+/m0/s1. The summed E-state index contributed by atoms with van der Waals surface area (Å²) in [5, 5.41) is 3.17. The molecule has 164 valence electrons. The summed E-state index contributed by atoms with van der Waals surface area (Å²) >= 11 is 0. The van der Waals surface area contributed by atoms with Crippen molar-refractivity contribution in [2.75, 3.05) is 36.5 Å². The number of hydrogen-bond donors (Lipinski definition) is 1. The van der Waals surface area contributed by atoms with Gasteiger partial charge in [0.15, 0.2) is 0 Å². The molecule has 0 unspecified atom stereocenters. The van der Waals surface area contributed by atoms with Crippen molar-refractivity contribution in [2.45, 2.75) is 19.0 Å². The number of ether oxygens (including phenoxy) is 1. The van der Waals surface area contributed by atoms with E-state index in [2.05, 4.69) is 37.2 Å². The van der Waals surface area contributed by atoms with Crippen molar-refractivity contribution in [1.29, 1.82) is 0 Å². The molecule has 2 aromatic carbocycles. The van der Waals surface area contributed by atoms with Gasteiger partial charge in [0.05, 0.1) is 25.3 Å². The van der Waals surface area contributed by atoms with Crippen LogP contribution in [0.4, 0.5) is 11.5 Å². The first-order valence-electron chi connectivity index (χ1n) is 11.0. The minimum atomic E-state index is -0.154. The molecule has 32 heavy (non-hydrogen) atoms. The third-order valence-corrected chi connectivity index (χ3v) is 6.44. The van der Waals surface area contributed by atoms with E-state index in [0.717, 1.165) is 36.8 Å². The summed E-state index contributed by atoms with van der Waals surface area (Å²) in [6.45, 7) is 2.89. The van der Waals surface area contributed by atoms with Crippen molar-refractivity contribution >= 4 is 17.4 Å². The minimum absolute atomic E-state index is 0.0427. The van der Waals surface area contributed by atoms with E-state index in [1.54, 1.807) is 25.7 Å². The van der Waals surface area contributed by atoms with E-state index in [-0.39, 0.29) is 17.9 Å². The Hall–Kier alpha value is -3.61.